The quantitative estimate of drug-likeness (QED) is 0.0608. The number of hydrogen-bond acceptors (Lipinski definition) is 9. The average Bonchev–Trinajstić information content (AvgIpc) is 2.90. The molecule has 11 heteroatoms. The standard InChI is InChI=1S/C27H32BrFN4O4S.C2H6/c1-16-8-9-18(10-20(16)15-33(14-17(2)28)38-25-7-5-4-6-23(25)34)21(13-26(36)37-29)19-11-22(30)27(32(3)31)24(35)12-19;1-2/h4-12,17,21,34-35H,13-15,30-31H2,1-3H3;1-2H3. The second kappa shape index (κ2) is 15.7. The average molecular weight is 638 g/mol. The van der Waals surface area contributed by atoms with Gasteiger partial charge in [-0.1, -0.05) is 67.0 Å². The monoisotopic (exact) mass is 636 g/mol. The number of hydrogen-bond donors (Lipinski definition) is 4. The van der Waals surface area contributed by atoms with Crippen molar-refractivity contribution in [3.05, 3.63) is 76.9 Å². The van der Waals surface area contributed by atoms with E-state index in [1.165, 1.54) is 23.0 Å². The van der Waals surface area contributed by atoms with Gasteiger partial charge in [0.15, 0.2) is 0 Å². The smallest absolute Gasteiger partial charge is 0.349 e. The molecule has 218 valence electrons. The third kappa shape index (κ3) is 9.02. The van der Waals surface area contributed by atoms with Crippen LogP contribution in [0.4, 0.5) is 15.9 Å². The number of hydrazine groups is 1. The second-order valence-electron chi connectivity index (χ2n) is 9.14. The Labute approximate surface area is 248 Å². The molecule has 0 fully saturated rings. The lowest BCUT2D eigenvalue weighted by Gasteiger charge is -2.25. The van der Waals surface area contributed by atoms with Gasteiger partial charge in [-0.2, -0.15) is 0 Å². The van der Waals surface area contributed by atoms with E-state index < -0.39 is 11.9 Å². The van der Waals surface area contributed by atoms with E-state index in [4.69, 9.17) is 11.6 Å². The van der Waals surface area contributed by atoms with Crippen molar-refractivity contribution < 1.29 is 24.5 Å². The van der Waals surface area contributed by atoms with Crippen molar-refractivity contribution in [2.24, 2.45) is 5.84 Å². The van der Waals surface area contributed by atoms with E-state index in [0.717, 1.165) is 21.6 Å². The number of phenolic OH excluding ortho intramolecular Hbond substituents is 2. The number of nitrogen functional groups attached to an aromatic ring is 1. The Balaban J connectivity index is 0.00000274. The van der Waals surface area contributed by atoms with Crippen LogP contribution in [0.2, 0.25) is 0 Å². The number of benzene rings is 3. The Morgan fingerprint density at radius 2 is 1.77 bits per heavy atom. The van der Waals surface area contributed by atoms with Crippen molar-refractivity contribution in [1.29, 1.82) is 0 Å². The minimum atomic E-state index is -1.04. The molecule has 0 amide bonds. The molecule has 3 aromatic rings. The van der Waals surface area contributed by atoms with E-state index in [-0.39, 0.29) is 34.1 Å². The van der Waals surface area contributed by atoms with Crippen molar-refractivity contribution >= 4 is 45.2 Å². The van der Waals surface area contributed by atoms with Gasteiger partial charge in [-0.3, -0.25) is 4.94 Å². The maximum absolute atomic E-state index is 12.8. The lowest BCUT2D eigenvalue weighted by Crippen LogP contribution is -2.26. The molecular formula is C29H38BrFN4O4S. The third-order valence-electron chi connectivity index (χ3n) is 6.02. The topological polar surface area (TPSA) is 125 Å². The Kier molecular flexibility index (Phi) is 13.0. The summed E-state index contributed by atoms with van der Waals surface area (Å²) in [7, 11) is 1.54. The number of aryl methyl sites for hydroxylation is 1. The summed E-state index contributed by atoms with van der Waals surface area (Å²) in [5, 5.41) is 22.1. The van der Waals surface area contributed by atoms with Gasteiger partial charge in [0.05, 0.1) is 17.0 Å². The number of nitrogens with zero attached hydrogens (tertiary/aromatic N) is 2. The lowest BCUT2D eigenvalue weighted by molar-refractivity contribution is -0.183. The number of rotatable bonds is 11. The van der Waals surface area contributed by atoms with E-state index in [0.29, 0.717) is 18.7 Å². The summed E-state index contributed by atoms with van der Waals surface area (Å²) in [6.45, 7) is 9.23. The maximum atomic E-state index is 12.8. The van der Waals surface area contributed by atoms with Crippen LogP contribution in [0.5, 0.6) is 11.5 Å². The van der Waals surface area contributed by atoms with Crippen LogP contribution < -0.4 is 16.6 Å². The van der Waals surface area contributed by atoms with Crippen LogP contribution >= 0.6 is 27.9 Å². The number of carbonyl (C=O) groups is 1. The summed E-state index contributed by atoms with van der Waals surface area (Å²) in [5.41, 5.74) is 9.84. The summed E-state index contributed by atoms with van der Waals surface area (Å²) < 4.78 is 14.9. The molecule has 2 atom stereocenters. The predicted octanol–water partition coefficient (Wildman–Crippen LogP) is 6.57. The van der Waals surface area contributed by atoms with Crippen molar-refractivity contribution in [2.45, 2.75) is 56.3 Å². The fourth-order valence-corrected chi connectivity index (χ4v) is 5.85. The first kappa shape index (κ1) is 33.2. The first-order valence-corrected chi connectivity index (χ1v) is 14.6. The highest BCUT2D eigenvalue weighted by atomic mass is 79.9. The highest BCUT2D eigenvalue weighted by Gasteiger charge is 2.24. The maximum Gasteiger partial charge on any atom is 0.349 e. The van der Waals surface area contributed by atoms with Gasteiger partial charge < -0.3 is 21.0 Å². The molecule has 0 aliphatic heterocycles. The van der Waals surface area contributed by atoms with E-state index in [2.05, 4.69) is 25.2 Å². The molecule has 3 aromatic carbocycles. The Hall–Kier alpha value is -2.99. The minimum absolute atomic E-state index is 0.160. The summed E-state index contributed by atoms with van der Waals surface area (Å²) in [5.74, 6) is 4.14. The van der Waals surface area contributed by atoms with Crippen LogP contribution in [0.3, 0.4) is 0 Å². The Bertz CT molecular complexity index is 1260. The number of phenols is 2. The summed E-state index contributed by atoms with van der Waals surface area (Å²) in [4.78, 5) is 16.4. The van der Waals surface area contributed by atoms with E-state index in [1.54, 1.807) is 25.2 Å². The van der Waals surface area contributed by atoms with Gasteiger partial charge in [0.1, 0.15) is 17.2 Å². The minimum Gasteiger partial charge on any atom is -0.507 e. The highest BCUT2D eigenvalue weighted by molar-refractivity contribution is 9.09. The molecule has 0 aromatic heterocycles. The predicted molar refractivity (Wildman–Crippen MR) is 164 cm³/mol. The number of nitrogens with two attached hydrogens (primary N) is 2. The fraction of sp³-hybridized carbons (Fsp3) is 0.345. The Morgan fingerprint density at radius 1 is 1.10 bits per heavy atom. The molecule has 6 N–H and O–H groups in total. The molecule has 0 heterocycles. The molecule has 0 aliphatic rings. The number of anilines is 2. The Morgan fingerprint density at radius 3 is 2.35 bits per heavy atom. The van der Waals surface area contributed by atoms with Crippen LogP contribution in [-0.2, 0) is 16.3 Å². The summed E-state index contributed by atoms with van der Waals surface area (Å²) >= 11 is 5.06. The van der Waals surface area contributed by atoms with Crippen LogP contribution in [0.15, 0.2) is 59.5 Å². The first-order chi connectivity index (χ1) is 19.0. The summed E-state index contributed by atoms with van der Waals surface area (Å²) in [6.07, 6.45) is -0.301. The number of para-hydroxylation sites is 1. The molecular weight excluding hydrogens is 599 g/mol. The number of carbonyl (C=O) groups excluding carboxylic acids is 1. The van der Waals surface area contributed by atoms with E-state index in [1.807, 2.05) is 58.0 Å². The largest absolute Gasteiger partial charge is 0.507 e. The van der Waals surface area contributed by atoms with Gasteiger partial charge in [-0.15, -0.1) is 0 Å². The number of aromatic hydroxyl groups is 2. The molecule has 2 unspecified atom stereocenters. The molecule has 8 nitrogen and oxygen atoms in total. The lowest BCUT2D eigenvalue weighted by atomic mass is 9.86. The highest BCUT2D eigenvalue weighted by Crippen LogP contribution is 2.39. The SMILES string of the molecule is CC.Cc1ccc(C(CC(=O)OF)c2cc(N)c(N(C)N)c(O)c2)cc1CN(CC(C)Br)Sc1ccccc1O. The van der Waals surface area contributed by atoms with Gasteiger partial charge in [-0.05, 0) is 65.4 Å². The van der Waals surface area contributed by atoms with Gasteiger partial charge in [-0.25, -0.2) is 14.9 Å². The summed E-state index contributed by atoms with van der Waals surface area (Å²) in [6, 6.07) is 16.0. The van der Waals surface area contributed by atoms with Crippen LogP contribution in [0, 0.1) is 6.92 Å². The zero-order valence-electron chi connectivity index (χ0n) is 23.4. The van der Waals surface area contributed by atoms with Gasteiger partial charge in [0.2, 0.25) is 0 Å². The zero-order chi connectivity index (χ0) is 30.0. The molecule has 3 rings (SSSR count). The number of alkyl halides is 1. The van der Waals surface area contributed by atoms with Crippen molar-refractivity contribution in [1.82, 2.24) is 4.31 Å². The van der Waals surface area contributed by atoms with Gasteiger partial charge in [0, 0.05) is 35.4 Å². The molecule has 0 saturated heterocycles. The zero-order valence-corrected chi connectivity index (χ0v) is 25.8. The van der Waals surface area contributed by atoms with E-state index in [9.17, 15) is 19.5 Å². The second-order valence-corrected chi connectivity index (χ2v) is 11.8. The van der Waals surface area contributed by atoms with E-state index >= 15 is 0 Å². The van der Waals surface area contributed by atoms with Gasteiger partial charge >= 0.3 is 5.97 Å². The third-order valence-corrected chi connectivity index (χ3v) is 7.39. The molecule has 0 bridgehead atoms. The van der Waals surface area contributed by atoms with Crippen LogP contribution in [0.1, 0.15) is 55.4 Å². The molecule has 0 spiro atoms. The molecule has 0 radical (unpaired) electrons. The van der Waals surface area contributed by atoms with Crippen molar-refractivity contribution in [3.63, 3.8) is 0 Å². The molecule has 40 heavy (non-hydrogen) atoms. The normalized spacial score (nSPS) is 12.3. The van der Waals surface area contributed by atoms with Crippen LogP contribution in [0.25, 0.3) is 0 Å². The fourth-order valence-electron chi connectivity index (χ4n) is 4.23. The molecule has 0 saturated carbocycles. The van der Waals surface area contributed by atoms with Crippen molar-refractivity contribution in [3.8, 4) is 11.5 Å². The number of halogens is 2. The van der Waals surface area contributed by atoms with Gasteiger partial charge in [0.25, 0.3) is 0 Å². The molecule has 0 aliphatic carbocycles. The first-order valence-electron chi connectivity index (χ1n) is 12.9. The van der Waals surface area contributed by atoms with Crippen molar-refractivity contribution in [2.75, 3.05) is 24.3 Å². The van der Waals surface area contributed by atoms with Crippen LogP contribution in [-0.4, -0.2) is 38.9 Å².